The van der Waals surface area contributed by atoms with Gasteiger partial charge in [-0.2, -0.15) is 0 Å². The van der Waals surface area contributed by atoms with Gasteiger partial charge in [0.1, 0.15) is 5.75 Å². The summed E-state index contributed by atoms with van der Waals surface area (Å²) in [5.41, 5.74) is 0.898. The summed E-state index contributed by atoms with van der Waals surface area (Å²) in [5, 5.41) is 8.80. The highest BCUT2D eigenvalue weighted by Gasteiger charge is 1.88. The molecule has 9 heavy (non-hydrogen) atoms. The summed E-state index contributed by atoms with van der Waals surface area (Å²) < 4.78 is 0. The van der Waals surface area contributed by atoms with Crippen LogP contribution in [0.2, 0.25) is 0 Å². The van der Waals surface area contributed by atoms with E-state index in [1.807, 2.05) is 0 Å². The van der Waals surface area contributed by atoms with Crippen LogP contribution < -0.4 is 0 Å². The van der Waals surface area contributed by atoms with Crippen molar-refractivity contribution < 1.29 is 5.11 Å². The van der Waals surface area contributed by atoms with Gasteiger partial charge in [0.15, 0.2) is 0 Å². The number of halogens is 1. The van der Waals surface area contributed by atoms with Gasteiger partial charge in [-0.3, -0.25) is 0 Å². The number of hydrogen-bond acceptors (Lipinski definition) is 1. The lowest BCUT2D eigenvalue weighted by Gasteiger charge is -1.92. The van der Waals surface area contributed by atoms with Crippen LogP contribution in [-0.2, 0) is 0 Å². The van der Waals surface area contributed by atoms with E-state index >= 15 is 0 Å². The third kappa shape index (κ3) is 1.61. The summed E-state index contributed by atoms with van der Waals surface area (Å²) in [4.78, 5) is 0. The maximum Gasteiger partial charge on any atom is 0.115 e. The monoisotopic (exact) mass is 141 g/mol. The fourth-order valence-corrected chi connectivity index (χ4v) is 0.693. The minimum absolute atomic E-state index is 0.261. The molecule has 1 nitrogen and oxygen atoms in total. The number of hydrogen-bond donors (Lipinski definition) is 1. The second-order valence-corrected chi connectivity index (χ2v) is 1.92. The fraction of sp³-hybridized carbons (Fsp3) is 0. The third-order valence-electron chi connectivity index (χ3n) is 1.02. The van der Waals surface area contributed by atoms with Crippen LogP contribution >= 0.6 is 11.6 Å². The van der Waals surface area contributed by atoms with Crippen molar-refractivity contribution >= 4 is 11.6 Å². The zero-order valence-electron chi connectivity index (χ0n) is 4.71. The van der Waals surface area contributed by atoms with Crippen LogP contribution in [0.4, 0.5) is 0 Å². The molecule has 1 rings (SSSR count). The topological polar surface area (TPSA) is 20.2 Å². The molecule has 0 atom stereocenters. The molecule has 0 saturated heterocycles. The van der Waals surface area contributed by atoms with Gasteiger partial charge in [-0.1, -0.05) is 12.1 Å². The average Bonchev–Trinajstić information content (AvgIpc) is 1.90. The lowest BCUT2D eigenvalue weighted by atomic mass is 10.2. The van der Waals surface area contributed by atoms with E-state index in [0.29, 0.717) is 0 Å². The van der Waals surface area contributed by atoms with Crippen molar-refractivity contribution in [3.63, 3.8) is 0 Å². The minimum atomic E-state index is 0.261. The maximum absolute atomic E-state index is 8.80. The number of benzene rings is 1. The number of phenolic OH excluding ortho intramolecular Hbond substituents is 1. The molecule has 0 aliphatic carbocycles. The Bertz CT molecular complexity index is 181. The lowest BCUT2D eigenvalue weighted by molar-refractivity contribution is 0.475. The molecule has 1 radical (unpaired) electrons. The molecule has 0 spiro atoms. The van der Waals surface area contributed by atoms with Crippen molar-refractivity contribution in [2.45, 2.75) is 0 Å². The lowest BCUT2D eigenvalue weighted by Crippen LogP contribution is -1.71. The van der Waals surface area contributed by atoms with E-state index in [1.165, 1.54) is 5.88 Å². The van der Waals surface area contributed by atoms with Crippen molar-refractivity contribution in [2.24, 2.45) is 0 Å². The Morgan fingerprint density at radius 3 is 2.22 bits per heavy atom. The number of phenols is 1. The van der Waals surface area contributed by atoms with Gasteiger partial charge in [-0.15, -0.1) is 11.6 Å². The molecule has 47 valence electrons. The third-order valence-corrected chi connectivity index (χ3v) is 1.27. The summed E-state index contributed by atoms with van der Waals surface area (Å²) in [5.74, 6) is 1.72. The van der Waals surface area contributed by atoms with E-state index in [2.05, 4.69) is 0 Å². The highest BCUT2D eigenvalue weighted by molar-refractivity contribution is 6.25. The Morgan fingerprint density at radius 1 is 1.22 bits per heavy atom. The molecule has 0 aliphatic heterocycles. The van der Waals surface area contributed by atoms with Gasteiger partial charge < -0.3 is 5.11 Å². The summed E-state index contributed by atoms with van der Waals surface area (Å²) in [6, 6.07) is 6.66. The largest absolute Gasteiger partial charge is 0.508 e. The van der Waals surface area contributed by atoms with E-state index < -0.39 is 0 Å². The molecule has 0 bridgehead atoms. The Hall–Kier alpha value is -0.690. The van der Waals surface area contributed by atoms with Crippen molar-refractivity contribution in [1.82, 2.24) is 0 Å². The summed E-state index contributed by atoms with van der Waals surface area (Å²) in [6.45, 7) is 0. The van der Waals surface area contributed by atoms with Crippen molar-refractivity contribution in [1.29, 1.82) is 0 Å². The molecule has 0 aliphatic rings. The standard InChI is InChI=1S/C7H6ClO/c8-5-6-1-3-7(9)4-2-6/h1-5,9H. The van der Waals surface area contributed by atoms with E-state index in [9.17, 15) is 0 Å². The first-order chi connectivity index (χ1) is 4.33. The van der Waals surface area contributed by atoms with Crippen LogP contribution in [0.5, 0.6) is 5.75 Å². The van der Waals surface area contributed by atoms with E-state index in [-0.39, 0.29) is 5.75 Å². The highest BCUT2D eigenvalue weighted by atomic mass is 35.5. The van der Waals surface area contributed by atoms with Gasteiger partial charge in [0, 0.05) is 0 Å². The van der Waals surface area contributed by atoms with Crippen LogP contribution in [-0.4, -0.2) is 5.11 Å². The zero-order valence-corrected chi connectivity index (χ0v) is 5.47. The van der Waals surface area contributed by atoms with Gasteiger partial charge in [0.25, 0.3) is 0 Å². The molecule has 2 heteroatoms. The highest BCUT2D eigenvalue weighted by Crippen LogP contribution is 2.11. The second kappa shape index (κ2) is 2.74. The van der Waals surface area contributed by atoms with E-state index in [0.717, 1.165) is 5.56 Å². The van der Waals surface area contributed by atoms with E-state index in [4.69, 9.17) is 16.7 Å². The minimum Gasteiger partial charge on any atom is -0.508 e. The molecule has 0 saturated carbocycles. The Balaban J connectivity index is 2.88. The predicted molar refractivity (Wildman–Crippen MR) is 37.4 cm³/mol. The van der Waals surface area contributed by atoms with Crippen LogP contribution in [0.3, 0.4) is 0 Å². The molecule has 1 aromatic carbocycles. The van der Waals surface area contributed by atoms with Crippen LogP contribution in [0.15, 0.2) is 24.3 Å². The Labute approximate surface area is 58.9 Å². The zero-order chi connectivity index (χ0) is 6.69. The molecule has 1 N–H and O–H groups in total. The maximum atomic E-state index is 8.80. The van der Waals surface area contributed by atoms with Crippen LogP contribution in [0.1, 0.15) is 5.56 Å². The normalized spacial score (nSPS) is 9.44. The molecule has 0 fully saturated rings. The predicted octanol–water partition coefficient (Wildman–Crippen LogP) is 2.14. The molecule has 0 amide bonds. The quantitative estimate of drug-likeness (QED) is 0.636. The smallest absolute Gasteiger partial charge is 0.115 e. The second-order valence-electron chi connectivity index (χ2n) is 1.70. The Kier molecular flexibility index (Phi) is 1.96. The summed E-state index contributed by atoms with van der Waals surface area (Å²) in [7, 11) is 0. The first-order valence-corrected chi connectivity index (χ1v) is 2.99. The van der Waals surface area contributed by atoms with Crippen molar-refractivity contribution in [3.8, 4) is 5.75 Å². The van der Waals surface area contributed by atoms with Crippen molar-refractivity contribution in [2.75, 3.05) is 0 Å². The number of aromatic hydroxyl groups is 1. The number of rotatable bonds is 1. The molecular weight excluding hydrogens is 136 g/mol. The molecule has 0 heterocycles. The average molecular weight is 142 g/mol. The SMILES string of the molecule is Oc1ccc([CH]Cl)cc1. The van der Waals surface area contributed by atoms with Gasteiger partial charge in [0.2, 0.25) is 0 Å². The van der Waals surface area contributed by atoms with E-state index in [1.54, 1.807) is 24.3 Å². The molecular formula is C7H6ClO. The fourth-order valence-electron chi connectivity index (χ4n) is 0.547. The van der Waals surface area contributed by atoms with Crippen molar-refractivity contribution in [3.05, 3.63) is 35.7 Å². The first kappa shape index (κ1) is 6.43. The van der Waals surface area contributed by atoms with Gasteiger partial charge in [0.05, 0.1) is 5.88 Å². The molecule has 0 unspecified atom stereocenters. The van der Waals surface area contributed by atoms with Gasteiger partial charge in [-0.25, -0.2) is 0 Å². The van der Waals surface area contributed by atoms with Gasteiger partial charge >= 0.3 is 0 Å². The Morgan fingerprint density at radius 2 is 1.78 bits per heavy atom. The molecule has 0 aromatic heterocycles. The summed E-state index contributed by atoms with van der Waals surface area (Å²) in [6.07, 6.45) is 0. The first-order valence-electron chi connectivity index (χ1n) is 2.55. The van der Waals surface area contributed by atoms with Crippen LogP contribution in [0, 0.1) is 5.88 Å². The van der Waals surface area contributed by atoms with Crippen LogP contribution in [0.25, 0.3) is 0 Å². The summed E-state index contributed by atoms with van der Waals surface area (Å²) >= 11 is 5.37. The molecule has 1 aromatic rings. The van der Waals surface area contributed by atoms with Gasteiger partial charge in [-0.05, 0) is 17.7 Å².